The molecule has 0 N–H and O–H groups in total. The molecule has 1 aromatic carbocycles. The fourth-order valence-corrected chi connectivity index (χ4v) is 5.94. The van der Waals surface area contributed by atoms with Crippen LogP contribution in [0, 0.1) is 12.8 Å². The number of anilines is 1. The number of benzene rings is 1. The van der Waals surface area contributed by atoms with Gasteiger partial charge in [0.2, 0.25) is 0 Å². The van der Waals surface area contributed by atoms with E-state index in [1.807, 2.05) is 23.4 Å². The standard InChI is InChI=1S/C28H34N6O2/c1-19-5-4-8-33(13-19)14-21-9-20(2)30-25(10-21)34-15-22-6-7-23(11-24(22)27(34)35)28(16-36-17-28)12-26-31-29-18-32(26)3/h6-7,9-11,18-19H,4-5,8,12-17H2,1-3H3/t19-/m0/s1. The Labute approximate surface area is 212 Å². The summed E-state index contributed by atoms with van der Waals surface area (Å²) in [4.78, 5) is 22.7. The molecule has 6 rings (SSSR count). The van der Waals surface area contributed by atoms with Crippen LogP contribution in [0.5, 0.6) is 0 Å². The van der Waals surface area contributed by atoms with Gasteiger partial charge in [0, 0.05) is 43.2 Å². The van der Waals surface area contributed by atoms with E-state index in [-0.39, 0.29) is 11.3 Å². The number of carbonyl (C=O) groups is 1. The van der Waals surface area contributed by atoms with Crippen LogP contribution in [0.1, 0.15) is 58.3 Å². The maximum absolute atomic E-state index is 13.6. The molecule has 3 aromatic rings. The van der Waals surface area contributed by atoms with Gasteiger partial charge in [-0.1, -0.05) is 19.1 Å². The molecule has 0 spiro atoms. The quantitative estimate of drug-likeness (QED) is 0.532. The van der Waals surface area contributed by atoms with E-state index in [0.717, 1.165) is 66.0 Å². The number of pyridine rings is 1. The van der Waals surface area contributed by atoms with Gasteiger partial charge in [-0.2, -0.15) is 0 Å². The average Bonchev–Trinajstić information content (AvgIpc) is 3.38. The lowest BCUT2D eigenvalue weighted by Crippen LogP contribution is -2.49. The molecule has 8 nitrogen and oxygen atoms in total. The van der Waals surface area contributed by atoms with Crippen molar-refractivity contribution in [1.29, 1.82) is 0 Å². The maximum atomic E-state index is 13.6. The lowest BCUT2D eigenvalue weighted by molar-refractivity contribution is -0.0611. The fourth-order valence-electron chi connectivity index (χ4n) is 5.94. The average molecular weight is 487 g/mol. The molecule has 5 heterocycles. The number of rotatable bonds is 6. The minimum Gasteiger partial charge on any atom is -0.379 e. The van der Waals surface area contributed by atoms with Crippen LogP contribution < -0.4 is 4.90 Å². The van der Waals surface area contributed by atoms with Gasteiger partial charge in [-0.25, -0.2) is 4.98 Å². The number of aryl methyl sites for hydroxylation is 2. The molecule has 8 heteroatoms. The molecule has 36 heavy (non-hydrogen) atoms. The SMILES string of the molecule is Cc1cc(CN2CCC[C@H](C)C2)cc(N2Cc3ccc(C4(Cc5nncn5C)COC4)cc3C2=O)n1. The van der Waals surface area contributed by atoms with Gasteiger partial charge in [-0.05, 0) is 67.1 Å². The lowest BCUT2D eigenvalue weighted by Gasteiger charge is -2.41. The first-order valence-electron chi connectivity index (χ1n) is 13.0. The highest BCUT2D eigenvalue weighted by molar-refractivity contribution is 6.09. The van der Waals surface area contributed by atoms with E-state index in [9.17, 15) is 4.79 Å². The normalized spacial score (nSPS) is 21.5. The van der Waals surface area contributed by atoms with E-state index in [4.69, 9.17) is 9.72 Å². The van der Waals surface area contributed by atoms with Crippen molar-refractivity contribution in [3.63, 3.8) is 0 Å². The van der Waals surface area contributed by atoms with E-state index < -0.39 is 0 Å². The molecule has 0 aliphatic carbocycles. The smallest absolute Gasteiger partial charge is 0.260 e. The molecule has 0 radical (unpaired) electrons. The van der Waals surface area contributed by atoms with Gasteiger partial charge in [-0.15, -0.1) is 10.2 Å². The topological polar surface area (TPSA) is 76.4 Å². The Balaban J connectivity index is 1.24. The zero-order chi connectivity index (χ0) is 24.9. The molecule has 1 atom stereocenters. The summed E-state index contributed by atoms with van der Waals surface area (Å²) in [5.74, 6) is 2.43. The largest absolute Gasteiger partial charge is 0.379 e. The van der Waals surface area contributed by atoms with E-state index in [0.29, 0.717) is 19.8 Å². The van der Waals surface area contributed by atoms with E-state index in [2.05, 4.69) is 52.4 Å². The van der Waals surface area contributed by atoms with Crippen molar-refractivity contribution in [3.05, 3.63) is 70.4 Å². The molecular formula is C28H34N6O2. The second-order valence-corrected chi connectivity index (χ2v) is 11.0. The van der Waals surface area contributed by atoms with E-state index >= 15 is 0 Å². The zero-order valence-corrected chi connectivity index (χ0v) is 21.4. The van der Waals surface area contributed by atoms with Gasteiger partial charge in [0.25, 0.3) is 5.91 Å². The summed E-state index contributed by atoms with van der Waals surface area (Å²) < 4.78 is 7.60. The monoisotopic (exact) mass is 486 g/mol. The number of piperidine rings is 1. The third-order valence-corrected chi connectivity index (χ3v) is 8.01. The van der Waals surface area contributed by atoms with E-state index in [1.54, 1.807) is 6.33 Å². The Morgan fingerprint density at radius 1 is 1.19 bits per heavy atom. The number of hydrogen-bond acceptors (Lipinski definition) is 6. The number of aromatic nitrogens is 4. The molecular weight excluding hydrogens is 452 g/mol. The molecule has 2 aromatic heterocycles. The Kier molecular flexibility index (Phi) is 5.88. The Hall–Kier alpha value is -3.10. The van der Waals surface area contributed by atoms with Gasteiger partial charge in [0.05, 0.1) is 19.8 Å². The van der Waals surface area contributed by atoms with Crippen LogP contribution in [0.25, 0.3) is 0 Å². The van der Waals surface area contributed by atoms with Crippen LogP contribution in [0.2, 0.25) is 0 Å². The number of carbonyl (C=O) groups excluding carboxylic acids is 1. The minimum absolute atomic E-state index is 0.0246. The first kappa shape index (κ1) is 23.3. The molecule has 2 saturated heterocycles. The van der Waals surface area contributed by atoms with Crippen molar-refractivity contribution in [1.82, 2.24) is 24.6 Å². The number of ether oxygens (including phenoxy) is 1. The highest BCUT2D eigenvalue weighted by Gasteiger charge is 2.43. The Bertz CT molecular complexity index is 1300. The number of nitrogens with zero attached hydrogens (tertiary/aromatic N) is 6. The molecule has 2 fully saturated rings. The first-order valence-corrected chi connectivity index (χ1v) is 13.0. The second kappa shape index (κ2) is 9.09. The Morgan fingerprint density at radius 2 is 2.06 bits per heavy atom. The highest BCUT2D eigenvalue weighted by Crippen LogP contribution is 2.38. The summed E-state index contributed by atoms with van der Waals surface area (Å²) in [5.41, 5.74) is 4.95. The molecule has 1 amide bonds. The summed E-state index contributed by atoms with van der Waals surface area (Å²) in [6.07, 6.45) is 5.02. The highest BCUT2D eigenvalue weighted by atomic mass is 16.5. The predicted molar refractivity (Wildman–Crippen MR) is 137 cm³/mol. The Morgan fingerprint density at radius 3 is 2.78 bits per heavy atom. The van der Waals surface area contributed by atoms with Crippen LogP contribution in [0.4, 0.5) is 5.82 Å². The van der Waals surface area contributed by atoms with Gasteiger partial charge < -0.3 is 9.30 Å². The van der Waals surface area contributed by atoms with Gasteiger partial charge in [0.1, 0.15) is 18.0 Å². The number of likely N-dealkylation sites (tertiary alicyclic amines) is 1. The van der Waals surface area contributed by atoms with Crippen molar-refractivity contribution in [3.8, 4) is 0 Å². The van der Waals surface area contributed by atoms with Crippen molar-refractivity contribution >= 4 is 11.7 Å². The molecule has 0 unspecified atom stereocenters. The molecule has 188 valence electrons. The number of amides is 1. The molecule has 3 aliphatic heterocycles. The fraction of sp³-hybridized carbons (Fsp3) is 0.500. The van der Waals surface area contributed by atoms with Crippen LogP contribution >= 0.6 is 0 Å². The van der Waals surface area contributed by atoms with Crippen LogP contribution in [0.3, 0.4) is 0 Å². The van der Waals surface area contributed by atoms with Gasteiger partial charge in [0.15, 0.2) is 0 Å². The summed E-state index contributed by atoms with van der Waals surface area (Å²) in [6, 6.07) is 10.6. The van der Waals surface area contributed by atoms with Crippen molar-refractivity contribution < 1.29 is 9.53 Å². The van der Waals surface area contributed by atoms with Gasteiger partial charge >= 0.3 is 0 Å². The zero-order valence-electron chi connectivity index (χ0n) is 21.4. The second-order valence-electron chi connectivity index (χ2n) is 11.0. The third kappa shape index (κ3) is 4.22. The number of fused-ring (bicyclic) bond motifs is 1. The summed E-state index contributed by atoms with van der Waals surface area (Å²) in [6.45, 7) is 9.32. The minimum atomic E-state index is -0.177. The van der Waals surface area contributed by atoms with Crippen molar-refractivity contribution in [2.24, 2.45) is 13.0 Å². The summed E-state index contributed by atoms with van der Waals surface area (Å²) >= 11 is 0. The van der Waals surface area contributed by atoms with Crippen LogP contribution in [0.15, 0.2) is 36.7 Å². The van der Waals surface area contributed by atoms with Crippen molar-refractivity contribution in [2.75, 3.05) is 31.2 Å². The molecule has 0 saturated carbocycles. The lowest BCUT2D eigenvalue weighted by atomic mass is 9.75. The summed E-state index contributed by atoms with van der Waals surface area (Å²) in [7, 11) is 1.96. The van der Waals surface area contributed by atoms with Crippen molar-refractivity contribution in [2.45, 2.75) is 51.6 Å². The molecule has 0 bridgehead atoms. The predicted octanol–water partition coefficient (Wildman–Crippen LogP) is 3.42. The van der Waals surface area contributed by atoms with Crippen LogP contribution in [-0.4, -0.2) is 56.9 Å². The first-order chi connectivity index (χ1) is 17.4. The van der Waals surface area contributed by atoms with Crippen LogP contribution in [-0.2, 0) is 36.7 Å². The molecule has 3 aliphatic rings. The van der Waals surface area contributed by atoms with E-state index in [1.165, 1.54) is 18.4 Å². The van der Waals surface area contributed by atoms with Gasteiger partial charge in [-0.3, -0.25) is 14.6 Å². The third-order valence-electron chi connectivity index (χ3n) is 8.01. The maximum Gasteiger partial charge on any atom is 0.260 e. The number of hydrogen-bond donors (Lipinski definition) is 0. The summed E-state index contributed by atoms with van der Waals surface area (Å²) in [5, 5.41) is 8.31.